The zero-order valence-electron chi connectivity index (χ0n) is 14.9. The van der Waals surface area contributed by atoms with Crippen LogP contribution < -0.4 is 0 Å². The number of alkyl halides is 3. The third kappa shape index (κ3) is 3.76. The summed E-state index contributed by atoms with van der Waals surface area (Å²) < 4.78 is 45.0. The molecule has 0 aromatic carbocycles. The maximum atomic E-state index is 12.8. The van der Waals surface area contributed by atoms with Crippen LogP contribution in [-0.2, 0) is 30.4 Å². The molecule has 6 nitrogen and oxygen atoms in total. The number of halogens is 3. The summed E-state index contributed by atoms with van der Waals surface area (Å²) in [7, 11) is 1.71. The Balaban J connectivity index is 1.61. The van der Waals surface area contributed by atoms with Gasteiger partial charge in [-0.2, -0.15) is 13.2 Å². The van der Waals surface area contributed by atoms with Crippen molar-refractivity contribution < 1.29 is 22.5 Å². The minimum Gasteiger partial charge on any atom is -0.361 e. The monoisotopic (exact) mass is 370 g/mol. The number of likely N-dealkylation sites (N-methyl/N-ethyl adjacent to an activating group) is 1. The van der Waals surface area contributed by atoms with Crippen LogP contribution in [0.2, 0.25) is 0 Å². The minimum absolute atomic E-state index is 0.0631. The Kier molecular flexibility index (Phi) is 4.81. The molecule has 0 saturated carbocycles. The predicted octanol–water partition coefficient (Wildman–Crippen LogP) is 2.77. The first-order valence-corrected chi connectivity index (χ1v) is 8.44. The molecule has 0 spiro atoms. The predicted molar refractivity (Wildman–Crippen MR) is 86.4 cm³/mol. The molecule has 0 bridgehead atoms. The fraction of sp³-hybridized carbons (Fsp3) is 0.588. The maximum absolute atomic E-state index is 12.8. The maximum Gasteiger partial charge on any atom is 0.434 e. The van der Waals surface area contributed by atoms with Gasteiger partial charge in [-0.1, -0.05) is 5.16 Å². The number of aryl methyl sites for hydroxylation is 3. The van der Waals surface area contributed by atoms with Crippen LogP contribution in [0.3, 0.4) is 0 Å². The van der Waals surface area contributed by atoms with Crippen LogP contribution >= 0.6 is 0 Å². The van der Waals surface area contributed by atoms with E-state index in [4.69, 9.17) is 4.52 Å². The minimum atomic E-state index is -4.43. The molecule has 0 fully saturated rings. The van der Waals surface area contributed by atoms with Gasteiger partial charge >= 0.3 is 6.18 Å². The van der Waals surface area contributed by atoms with Crippen molar-refractivity contribution in [3.8, 4) is 0 Å². The van der Waals surface area contributed by atoms with Crippen molar-refractivity contribution in [1.29, 1.82) is 0 Å². The molecule has 26 heavy (non-hydrogen) atoms. The average Bonchev–Trinajstić information content (AvgIpc) is 3.12. The molecule has 9 heteroatoms. The molecule has 0 saturated heterocycles. The SMILES string of the molecule is Cc1noc(C)c1CC(=O)N(C)C[C@@H]1CCc2nc(C(F)(F)F)cn2C1. The quantitative estimate of drug-likeness (QED) is 0.830. The van der Waals surface area contributed by atoms with Gasteiger partial charge in [0.1, 0.15) is 11.6 Å². The number of fused-ring (bicyclic) bond motifs is 1. The summed E-state index contributed by atoms with van der Waals surface area (Å²) >= 11 is 0. The van der Waals surface area contributed by atoms with Crippen molar-refractivity contribution in [2.24, 2.45) is 5.92 Å². The lowest BCUT2D eigenvalue weighted by Gasteiger charge is -2.28. The third-order valence-electron chi connectivity index (χ3n) is 4.85. The Hall–Kier alpha value is -2.32. The second kappa shape index (κ2) is 6.77. The number of aromatic nitrogens is 3. The molecule has 1 amide bonds. The van der Waals surface area contributed by atoms with Crippen LogP contribution in [0.5, 0.6) is 0 Å². The molecule has 0 radical (unpaired) electrons. The summed E-state index contributed by atoms with van der Waals surface area (Å²) in [6.45, 7) is 4.48. The molecule has 2 aromatic heterocycles. The standard InChI is InChI=1S/C17H21F3N4O2/c1-10-13(11(2)26-22-10)6-16(25)23(3)7-12-4-5-15-21-14(17(18,19)20)9-24(15)8-12/h9,12H,4-8H2,1-3H3/t12-/m0/s1. The van der Waals surface area contributed by atoms with E-state index in [0.29, 0.717) is 43.2 Å². The topological polar surface area (TPSA) is 64.2 Å². The lowest BCUT2D eigenvalue weighted by atomic mass is 9.98. The van der Waals surface area contributed by atoms with E-state index in [1.165, 1.54) is 0 Å². The van der Waals surface area contributed by atoms with E-state index in [1.807, 2.05) is 0 Å². The molecule has 1 aliphatic heterocycles. The highest BCUT2D eigenvalue weighted by atomic mass is 19.4. The largest absolute Gasteiger partial charge is 0.434 e. The first-order valence-electron chi connectivity index (χ1n) is 8.44. The Labute approximate surface area is 149 Å². The molecule has 0 N–H and O–H groups in total. The van der Waals surface area contributed by atoms with E-state index >= 15 is 0 Å². The Morgan fingerprint density at radius 3 is 2.77 bits per heavy atom. The molecule has 1 aliphatic rings. The van der Waals surface area contributed by atoms with Crippen molar-refractivity contribution in [3.05, 3.63) is 34.7 Å². The van der Waals surface area contributed by atoms with Crippen molar-refractivity contribution in [2.75, 3.05) is 13.6 Å². The average molecular weight is 370 g/mol. The number of amides is 1. The number of imidazole rings is 1. The van der Waals surface area contributed by atoms with Gasteiger partial charge in [-0.25, -0.2) is 4.98 Å². The molecule has 3 heterocycles. The number of rotatable bonds is 4. The highest BCUT2D eigenvalue weighted by Gasteiger charge is 2.36. The summed E-state index contributed by atoms with van der Waals surface area (Å²) in [6, 6.07) is 0. The summed E-state index contributed by atoms with van der Waals surface area (Å²) in [6.07, 6.45) is -1.98. The number of carbonyl (C=O) groups excluding carboxylic acids is 1. The van der Waals surface area contributed by atoms with E-state index in [-0.39, 0.29) is 18.2 Å². The molecule has 0 aliphatic carbocycles. The van der Waals surface area contributed by atoms with E-state index in [2.05, 4.69) is 10.1 Å². The second-order valence-corrected chi connectivity index (χ2v) is 6.85. The van der Waals surface area contributed by atoms with Crippen molar-refractivity contribution in [3.63, 3.8) is 0 Å². The van der Waals surface area contributed by atoms with E-state index in [1.54, 1.807) is 30.4 Å². The van der Waals surface area contributed by atoms with Crippen LogP contribution in [0.1, 0.15) is 35.0 Å². The number of hydrogen-bond donors (Lipinski definition) is 0. The zero-order valence-corrected chi connectivity index (χ0v) is 14.9. The van der Waals surface area contributed by atoms with Gasteiger partial charge in [0.2, 0.25) is 5.91 Å². The molecule has 1 atom stereocenters. The van der Waals surface area contributed by atoms with E-state index in [0.717, 1.165) is 11.8 Å². The smallest absolute Gasteiger partial charge is 0.361 e. The van der Waals surface area contributed by atoms with Crippen LogP contribution in [0.4, 0.5) is 13.2 Å². The molecular formula is C17H21F3N4O2. The molecular weight excluding hydrogens is 349 g/mol. The summed E-state index contributed by atoms with van der Waals surface area (Å²) in [4.78, 5) is 17.8. The molecule has 142 valence electrons. The van der Waals surface area contributed by atoms with Crippen LogP contribution in [-0.4, -0.2) is 39.1 Å². The summed E-state index contributed by atoms with van der Waals surface area (Å²) in [5, 5.41) is 3.84. The van der Waals surface area contributed by atoms with Gasteiger partial charge in [0, 0.05) is 38.3 Å². The molecule has 3 rings (SSSR count). The van der Waals surface area contributed by atoms with E-state index < -0.39 is 11.9 Å². The van der Waals surface area contributed by atoms with Crippen LogP contribution in [0.15, 0.2) is 10.7 Å². The number of nitrogens with zero attached hydrogens (tertiary/aromatic N) is 4. The van der Waals surface area contributed by atoms with Crippen LogP contribution in [0.25, 0.3) is 0 Å². The van der Waals surface area contributed by atoms with E-state index in [9.17, 15) is 18.0 Å². The fourth-order valence-electron chi connectivity index (χ4n) is 3.33. The van der Waals surface area contributed by atoms with Gasteiger partial charge in [-0.05, 0) is 26.2 Å². The zero-order chi connectivity index (χ0) is 19.1. The van der Waals surface area contributed by atoms with Gasteiger partial charge in [0.05, 0.1) is 12.1 Å². The molecule has 2 aromatic rings. The first kappa shape index (κ1) is 18.5. The lowest BCUT2D eigenvalue weighted by molar-refractivity contribution is -0.141. The summed E-state index contributed by atoms with van der Waals surface area (Å²) in [5.41, 5.74) is 0.637. The van der Waals surface area contributed by atoms with Gasteiger partial charge in [0.15, 0.2) is 5.69 Å². The fourth-order valence-corrected chi connectivity index (χ4v) is 3.33. The Morgan fingerprint density at radius 2 is 2.15 bits per heavy atom. The highest BCUT2D eigenvalue weighted by molar-refractivity contribution is 5.79. The Morgan fingerprint density at radius 1 is 1.42 bits per heavy atom. The molecule has 0 unspecified atom stereocenters. The van der Waals surface area contributed by atoms with Crippen LogP contribution in [0, 0.1) is 19.8 Å². The van der Waals surface area contributed by atoms with Gasteiger partial charge in [-0.3, -0.25) is 4.79 Å². The first-order chi connectivity index (χ1) is 12.1. The van der Waals surface area contributed by atoms with Gasteiger partial charge in [-0.15, -0.1) is 0 Å². The van der Waals surface area contributed by atoms with Crippen molar-refractivity contribution in [2.45, 2.75) is 45.8 Å². The lowest BCUT2D eigenvalue weighted by Crippen LogP contribution is -2.36. The Bertz CT molecular complexity index is 790. The summed E-state index contributed by atoms with van der Waals surface area (Å²) in [5.74, 6) is 1.12. The second-order valence-electron chi connectivity index (χ2n) is 6.85. The normalized spacial score (nSPS) is 17.2. The van der Waals surface area contributed by atoms with Crippen molar-refractivity contribution >= 4 is 5.91 Å². The number of carbonyl (C=O) groups is 1. The third-order valence-corrected chi connectivity index (χ3v) is 4.85. The van der Waals surface area contributed by atoms with Gasteiger partial charge in [0.25, 0.3) is 0 Å². The highest BCUT2D eigenvalue weighted by Crippen LogP contribution is 2.30. The number of hydrogen-bond acceptors (Lipinski definition) is 4. The van der Waals surface area contributed by atoms with Gasteiger partial charge < -0.3 is 14.0 Å². The van der Waals surface area contributed by atoms with Crippen molar-refractivity contribution in [1.82, 2.24) is 19.6 Å².